The zero-order valence-electron chi connectivity index (χ0n) is 22.8. The number of carbonyl (C=O) groups excluding carboxylic acids is 2. The maximum Gasteiger partial charge on any atom is 0.337 e. The van der Waals surface area contributed by atoms with Crippen LogP contribution in [-0.4, -0.2) is 37.3 Å². The lowest BCUT2D eigenvalue weighted by molar-refractivity contribution is 0.0600. The number of halogens is 1. The predicted octanol–water partition coefficient (Wildman–Crippen LogP) is 6.69. The Morgan fingerprint density at radius 1 is 0.905 bits per heavy atom. The van der Waals surface area contributed by atoms with Crippen LogP contribution in [0, 0.1) is 0 Å². The Kier molecular flexibility index (Phi) is 8.75. The van der Waals surface area contributed by atoms with Gasteiger partial charge in [0, 0.05) is 16.0 Å². The molecule has 0 aliphatic carbocycles. The Balaban J connectivity index is 1.28. The van der Waals surface area contributed by atoms with E-state index < -0.39 is 5.97 Å². The molecule has 0 unspecified atom stereocenters. The smallest absolute Gasteiger partial charge is 0.337 e. The van der Waals surface area contributed by atoms with Crippen LogP contribution in [0.5, 0.6) is 11.5 Å². The quantitative estimate of drug-likeness (QED) is 0.119. The first-order valence-electron chi connectivity index (χ1n) is 12.9. The van der Waals surface area contributed by atoms with Crippen molar-refractivity contribution >= 4 is 40.6 Å². The molecule has 0 saturated carbocycles. The first kappa shape index (κ1) is 28.3. The summed E-state index contributed by atoms with van der Waals surface area (Å²) in [5, 5.41) is 5.50. The third-order valence-electron chi connectivity index (χ3n) is 6.44. The number of hydrogen-bond acceptors (Lipinski definition) is 7. The summed E-state index contributed by atoms with van der Waals surface area (Å²) in [5.41, 5.74) is 7.30. The summed E-state index contributed by atoms with van der Waals surface area (Å²) in [6.45, 7) is 0.277. The summed E-state index contributed by atoms with van der Waals surface area (Å²) in [6.07, 6.45) is 1.53. The molecule has 1 N–H and O–H groups in total. The molecule has 9 heteroatoms. The molecule has 4 aromatic carbocycles. The number of nitrogens with zero attached hydrogens (tertiary/aromatic N) is 2. The molecule has 0 atom stereocenters. The normalized spacial score (nSPS) is 10.9. The monoisotopic (exact) mass is 579 g/mol. The van der Waals surface area contributed by atoms with Gasteiger partial charge in [-0.1, -0.05) is 54.1 Å². The number of esters is 1. The minimum Gasteiger partial charge on any atom is -0.493 e. The number of pyridine rings is 1. The molecule has 8 nitrogen and oxygen atoms in total. The number of rotatable bonds is 9. The molecule has 5 rings (SSSR count). The number of benzene rings is 4. The highest BCUT2D eigenvalue weighted by atomic mass is 35.5. The summed E-state index contributed by atoms with van der Waals surface area (Å²) in [7, 11) is 2.89. The van der Waals surface area contributed by atoms with Crippen molar-refractivity contribution in [1.82, 2.24) is 10.4 Å². The molecule has 0 saturated heterocycles. The first-order valence-corrected chi connectivity index (χ1v) is 13.3. The number of para-hydroxylation sites is 1. The van der Waals surface area contributed by atoms with Gasteiger partial charge in [-0.2, -0.15) is 5.10 Å². The number of carbonyl (C=O) groups is 2. The van der Waals surface area contributed by atoms with Crippen molar-refractivity contribution in [2.24, 2.45) is 5.10 Å². The van der Waals surface area contributed by atoms with Gasteiger partial charge in [0.2, 0.25) is 0 Å². The molecule has 0 radical (unpaired) electrons. The van der Waals surface area contributed by atoms with Gasteiger partial charge in [-0.05, 0) is 65.7 Å². The highest BCUT2D eigenvalue weighted by molar-refractivity contribution is 6.30. The minimum atomic E-state index is -0.394. The van der Waals surface area contributed by atoms with E-state index in [4.69, 9.17) is 30.8 Å². The van der Waals surface area contributed by atoms with Gasteiger partial charge < -0.3 is 14.2 Å². The molecule has 1 aromatic heterocycles. The lowest BCUT2D eigenvalue weighted by atomic mass is 10.0. The van der Waals surface area contributed by atoms with Crippen LogP contribution in [0.1, 0.15) is 31.8 Å². The number of hydrogen-bond donors (Lipinski definition) is 1. The number of aromatic nitrogens is 1. The Labute approximate surface area is 247 Å². The van der Waals surface area contributed by atoms with E-state index in [1.165, 1.54) is 13.3 Å². The number of methoxy groups -OCH3 is 2. The average Bonchev–Trinajstić information content (AvgIpc) is 3.03. The molecule has 1 heterocycles. The fourth-order valence-electron chi connectivity index (χ4n) is 4.26. The van der Waals surface area contributed by atoms with Gasteiger partial charge in [0.1, 0.15) is 6.61 Å². The van der Waals surface area contributed by atoms with Crippen LogP contribution in [-0.2, 0) is 11.3 Å². The van der Waals surface area contributed by atoms with Gasteiger partial charge in [0.05, 0.1) is 42.8 Å². The summed E-state index contributed by atoms with van der Waals surface area (Å²) in [4.78, 5) is 29.6. The van der Waals surface area contributed by atoms with Gasteiger partial charge in [-0.3, -0.25) is 4.79 Å². The summed E-state index contributed by atoms with van der Waals surface area (Å²) >= 11 is 6.04. The Morgan fingerprint density at radius 3 is 2.40 bits per heavy atom. The van der Waals surface area contributed by atoms with Gasteiger partial charge in [0.25, 0.3) is 5.91 Å². The van der Waals surface area contributed by atoms with E-state index in [0.29, 0.717) is 49.8 Å². The molecule has 0 aliphatic heterocycles. The summed E-state index contributed by atoms with van der Waals surface area (Å²) in [5.74, 6) is 0.275. The number of ether oxygens (including phenoxy) is 3. The second-order valence-corrected chi connectivity index (χ2v) is 9.60. The molecule has 0 bridgehead atoms. The summed E-state index contributed by atoms with van der Waals surface area (Å²) < 4.78 is 16.1. The molecule has 210 valence electrons. The maximum absolute atomic E-state index is 13.2. The van der Waals surface area contributed by atoms with Gasteiger partial charge in [-0.15, -0.1) is 0 Å². The molecule has 0 aliphatic rings. The fraction of sp³-hybridized carbons (Fsp3) is 0.0909. The number of nitrogens with one attached hydrogen (secondary N) is 1. The van der Waals surface area contributed by atoms with Crippen LogP contribution in [0.4, 0.5) is 0 Å². The van der Waals surface area contributed by atoms with E-state index >= 15 is 0 Å². The van der Waals surface area contributed by atoms with E-state index in [9.17, 15) is 9.59 Å². The predicted molar refractivity (Wildman–Crippen MR) is 162 cm³/mol. The van der Waals surface area contributed by atoms with E-state index in [0.717, 1.165) is 11.1 Å². The van der Waals surface area contributed by atoms with E-state index in [1.807, 2.05) is 36.4 Å². The van der Waals surface area contributed by atoms with Gasteiger partial charge in [0.15, 0.2) is 11.5 Å². The topological polar surface area (TPSA) is 99.1 Å². The van der Waals surface area contributed by atoms with Crippen molar-refractivity contribution in [1.29, 1.82) is 0 Å². The average molecular weight is 580 g/mol. The Hall–Kier alpha value is -5.21. The largest absolute Gasteiger partial charge is 0.493 e. The van der Waals surface area contributed by atoms with Crippen molar-refractivity contribution in [2.45, 2.75) is 6.61 Å². The van der Waals surface area contributed by atoms with Crippen LogP contribution in [0.2, 0.25) is 5.02 Å². The van der Waals surface area contributed by atoms with E-state index in [-0.39, 0.29) is 12.5 Å². The zero-order chi connectivity index (χ0) is 29.5. The third kappa shape index (κ3) is 6.56. The highest BCUT2D eigenvalue weighted by Gasteiger charge is 2.14. The SMILES string of the molecule is COC(=O)c1ccc(COc2ccc(C=NNC(=O)c3cc(-c4ccc(Cl)cc4)nc4ccccc34)cc2OC)cc1. The molecule has 42 heavy (non-hydrogen) atoms. The molecule has 1 amide bonds. The van der Waals surface area contributed by atoms with Crippen LogP contribution in [0.15, 0.2) is 102 Å². The highest BCUT2D eigenvalue weighted by Crippen LogP contribution is 2.29. The second kappa shape index (κ2) is 13.0. The summed E-state index contributed by atoms with van der Waals surface area (Å²) in [6, 6.07) is 28.8. The molecule has 5 aromatic rings. The Morgan fingerprint density at radius 2 is 1.67 bits per heavy atom. The van der Waals surface area contributed by atoms with Crippen LogP contribution < -0.4 is 14.9 Å². The second-order valence-electron chi connectivity index (χ2n) is 9.17. The van der Waals surface area contributed by atoms with Crippen molar-refractivity contribution < 1.29 is 23.8 Å². The van der Waals surface area contributed by atoms with Gasteiger partial charge >= 0.3 is 5.97 Å². The molecule has 0 spiro atoms. The standard InChI is InChI=1S/C33H26ClN3O5/c1-40-31-17-22(9-16-30(31)42-20-21-7-10-24(11-8-21)33(39)41-2)19-35-37-32(38)27-18-29(23-12-14-25(34)15-13-23)36-28-6-4-3-5-26(27)28/h3-19H,20H2,1-2H3,(H,37,38). The first-order chi connectivity index (χ1) is 20.4. The van der Waals surface area contributed by atoms with E-state index in [1.54, 1.807) is 67.8 Å². The zero-order valence-corrected chi connectivity index (χ0v) is 23.6. The Bertz CT molecular complexity index is 1770. The lowest BCUT2D eigenvalue weighted by Crippen LogP contribution is -2.18. The molecular weight excluding hydrogens is 554 g/mol. The number of fused-ring (bicyclic) bond motifs is 1. The van der Waals surface area contributed by atoms with Crippen molar-refractivity contribution in [2.75, 3.05) is 14.2 Å². The van der Waals surface area contributed by atoms with Crippen molar-refractivity contribution in [3.05, 3.63) is 124 Å². The van der Waals surface area contributed by atoms with Gasteiger partial charge in [-0.25, -0.2) is 15.2 Å². The fourth-order valence-corrected chi connectivity index (χ4v) is 4.38. The lowest BCUT2D eigenvalue weighted by Gasteiger charge is -2.12. The number of hydrazone groups is 1. The maximum atomic E-state index is 13.2. The molecule has 0 fully saturated rings. The molecular formula is C33H26ClN3O5. The van der Waals surface area contributed by atoms with Crippen LogP contribution >= 0.6 is 11.6 Å². The van der Waals surface area contributed by atoms with Crippen molar-refractivity contribution in [3.63, 3.8) is 0 Å². The minimum absolute atomic E-state index is 0.277. The van der Waals surface area contributed by atoms with Crippen LogP contribution in [0.25, 0.3) is 22.2 Å². The van der Waals surface area contributed by atoms with Crippen LogP contribution in [0.3, 0.4) is 0 Å². The van der Waals surface area contributed by atoms with E-state index in [2.05, 4.69) is 10.5 Å². The third-order valence-corrected chi connectivity index (χ3v) is 6.69. The number of amides is 1. The van der Waals surface area contributed by atoms with Crippen molar-refractivity contribution in [3.8, 4) is 22.8 Å².